The number of carbonyl (C=O) groups excluding carboxylic acids is 3. The molecule has 1 N–H and O–H groups in total. The molecule has 2 aromatic rings. The summed E-state index contributed by atoms with van der Waals surface area (Å²) in [7, 11) is 1.92. The van der Waals surface area contributed by atoms with Gasteiger partial charge in [0.25, 0.3) is 5.91 Å². The van der Waals surface area contributed by atoms with E-state index in [1.165, 1.54) is 0 Å². The molecular formula is C25H25N3O4. The minimum Gasteiger partial charge on any atom is -0.493 e. The normalized spacial score (nSPS) is 24.4. The quantitative estimate of drug-likeness (QED) is 0.597. The molecule has 3 heterocycles. The van der Waals surface area contributed by atoms with Crippen molar-refractivity contribution in [2.24, 2.45) is 0 Å². The number of nitrogens with zero attached hydrogens (tertiary/aromatic N) is 2. The van der Waals surface area contributed by atoms with Crippen LogP contribution in [0.5, 0.6) is 5.75 Å². The average Bonchev–Trinajstić information content (AvgIpc) is 3.12. The minimum atomic E-state index is -1.18. The van der Waals surface area contributed by atoms with Crippen LogP contribution in [0.1, 0.15) is 31.4 Å². The summed E-state index contributed by atoms with van der Waals surface area (Å²) in [5.74, 6) is -0.129. The minimum absolute atomic E-state index is 0.298. The molecule has 2 aromatic carbocycles. The summed E-state index contributed by atoms with van der Waals surface area (Å²) in [4.78, 5) is 42.2. The van der Waals surface area contributed by atoms with Gasteiger partial charge in [-0.15, -0.1) is 0 Å². The first-order valence-corrected chi connectivity index (χ1v) is 10.7. The van der Waals surface area contributed by atoms with Gasteiger partial charge in [-0.25, -0.2) is 4.79 Å². The first kappa shape index (κ1) is 20.3. The highest BCUT2D eigenvalue weighted by atomic mass is 16.5. The third-order valence-corrected chi connectivity index (χ3v) is 6.81. The Bertz CT molecular complexity index is 1190. The summed E-state index contributed by atoms with van der Waals surface area (Å²) in [5.41, 5.74) is 2.10. The molecule has 7 heteroatoms. The van der Waals surface area contributed by atoms with Crippen LogP contribution in [0.25, 0.3) is 0 Å². The second-order valence-corrected chi connectivity index (χ2v) is 9.02. The van der Waals surface area contributed by atoms with Gasteiger partial charge < -0.3 is 15.0 Å². The van der Waals surface area contributed by atoms with Gasteiger partial charge in [-0.2, -0.15) is 0 Å². The monoisotopic (exact) mass is 431 g/mol. The van der Waals surface area contributed by atoms with Crippen LogP contribution in [0.15, 0.2) is 60.3 Å². The Morgan fingerprint density at radius 3 is 2.53 bits per heavy atom. The van der Waals surface area contributed by atoms with Gasteiger partial charge in [0.05, 0.1) is 13.2 Å². The molecule has 164 valence electrons. The fourth-order valence-corrected chi connectivity index (χ4v) is 5.13. The first-order valence-electron chi connectivity index (χ1n) is 10.7. The van der Waals surface area contributed by atoms with Gasteiger partial charge in [0.2, 0.25) is 0 Å². The van der Waals surface area contributed by atoms with Crippen LogP contribution in [0, 0.1) is 0 Å². The largest absolute Gasteiger partial charge is 0.493 e. The summed E-state index contributed by atoms with van der Waals surface area (Å²) in [6.07, 6.45) is 1.88. The number of urea groups is 1. The second kappa shape index (κ2) is 6.95. The topological polar surface area (TPSA) is 79.0 Å². The lowest BCUT2D eigenvalue weighted by molar-refractivity contribution is -0.134. The van der Waals surface area contributed by atoms with Crippen molar-refractivity contribution < 1.29 is 19.1 Å². The molecule has 3 amide bonds. The van der Waals surface area contributed by atoms with Crippen LogP contribution < -0.4 is 15.0 Å². The summed E-state index contributed by atoms with van der Waals surface area (Å²) in [5, 5.41) is 2.84. The lowest BCUT2D eigenvalue weighted by atomic mass is 9.83. The molecule has 32 heavy (non-hydrogen) atoms. The van der Waals surface area contributed by atoms with Gasteiger partial charge in [0.15, 0.2) is 11.3 Å². The number of amides is 3. The van der Waals surface area contributed by atoms with Crippen molar-refractivity contribution in [2.75, 3.05) is 25.1 Å². The molecule has 1 unspecified atom stereocenters. The summed E-state index contributed by atoms with van der Waals surface area (Å²) >= 11 is 0. The molecule has 0 bridgehead atoms. The third kappa shape index (κ3) is 2.77. The molecule has 0 saturated carbocycles. The predicted octanol–water partition coefficient (Wildman–Crippen LogP) is 3.10. The van der Waals surface area contributed by atoms with Crippen LogP contribution in [0.4, 0.5) is 10.5 Å². The highest BCUT2D eigenvalue weighted by molar-refractivity contribution is 6.11. The van der Waals surface area contributed by atoms with Gasteiger partial charge in [-0.1, -0.05) is 50.2 Å². The predicted molar refractivity (Wildman–Crippen MR) is 119 cm³/mol. The van der Waals surface area contributed by atoms with Crippen molar-refractivity contribution in [3.8, 4) is 5.75 Å². The SMILES string of the molecule is CN1C(=CC(=O)CN2C(=O)NC3(CCOc4ccccc43)C2=O)C(C)(C)c2ccccc21. The van der Waals surface area contributed by atoms with E-state index in [0.717, 1.165) is 21.8 Å². The number of ketones is 1. The fourth-order valence-electron chi connectivity index (χ4n) is 5.13. The highest BCUT2D eigenvalue weighted by Crippen LogP contribution is 2.46. The number of imide groups is 1. The lowest BCUT2D eigenvalue weighted by Crippen LogP contribution is -2.47. The Balaban J connectivity index is 1.42. The van der Waals surface area contributed by atoms with Crippen LogP contribution in [0.3, 0.4) is 0 Å². The van der Waals surface area contributed by atoms with E-state index in [4.69, 9.17) is 4.74 Å². The van der Waals surface area contributed by atoms with E-state index in [1.807, 2.05) is 42.3 Å². The molecule has 1 saturated heterocycles. The van der Waals surface area contributed by atoms with Crippen molar-refractivity contribution in [1.29, 1.82) is 0 Å². The number of benzene rings is 2. The van der Waals surface area contributed by atoms with Crippen molar-refractivity contribution in [3.05, 3.63) is 71.4 Å². The van der Waals surface area contributed by atoms with Crippen molar-refractivity contribution in [3.63, 3.8) is 0 Å². The zero-order valence-electron chi connectivity index (χ0n) is 18.3. The lowest BCUT2D eigenvalue weighted by Gasteiger charge is -2.33. The Morgan fingerprint density at radius 1 is 1.09 bits per heavy atom. The third-order valence-electron chi connectivity index (χ3n) is 6.81. The smallest absolute Gasteiger partial charge is 0.325 e. The number of hydrogen-bond donors (Lipinski definition) is 1. The van der Waals surface area contributed by atoms with E-state index >= 15 is 0 Å². The Morgan fingerprint density at radius 2 is 1.78 bits per heavy atom. The van der Waals surface area contributed by atoms with Crippen LogP contribution in [0.2, 0.25) is 0 Å². The molecular weight excluding hydrogens is 406 g/mol. The molecule has 1 fully saturated rings. The highest BCUT2D eigenvalue weighted by Gasteiger charge is 2.55. The number of likely N-dealkylation sites (N-methyl/N-ethyl adjacent to an activating group) is 1. The van der Waals surface area contributed by atoms with Crippen LogP contribution in [-0.4, -0.2) is 42.8 Å². The average molecular weight is 431 g/mol. The van der Waals surface area contributed by atoms with Crippen molar-refractivity contribution in [2.45, 2.75) is 31.2 Å². The van der Waals surface area contributed by atoms with Crippen LogP contribution in [-0.2, 0) is 20.5 Å². The fraction of sp³-hybridized carbons (Fsp3) is 0.320. The van der Waals surface area contributed by atoms with E-state index in [1.54, 1.807) is 18.2 Å². The van der Waals surface area contributed by atoms with E-state index in [9.17, 15) is 14.4 Å². The molecule has 1 atom stereocenters. The first-order chi connectivity index (χ1) is 15.3. The van der Waals surface area contributed by atoms with Gasteiger partial charge in [0, 0.05) is 41.9 Å². The summed E-state index contributed by atoms with van der Waals surface area (Å²) < 4.78 is 5.66. The van der Waals surface area contributed by atoms with E-state index in [-0.39, 0.29) is 17.7 Å². The van der Waals surface area contributed by atoms with Gasteiger partial charge in [-0.05, 0) is 17.7 Å². The number of para-hydroxylation sites is 2. The number of hydrogen-bond acceptors (Lipinski definition) is 5. The zero-order valence-corrected chi connectivity index (χ0v) is 18.3. The maximum absolute atomic E-state index is 13.4. The molecule has 0 aliphatic carbocycles. The number of fused-ring (bicyclic) bond motifs is 3. The number of carbonyl (C=O) groups is 3. The van der Waals surface area contributed by atoms with Gasteiger partial charge in [-0.3, -0.25) is 14.5 Å². The van der Waals surface area contributed by atoms with Crippen molar-refractivity contribution in [1.82, 2.24) is 10.2 Å². The van der Waals surface area contributed by atoms with Crippen molar-refractivity contribution >= 4 is 23.4 Å². The number of ether oxygens (including phenoxy) is 1. The number of allylic oxidation sites excluding steroid dienone is 1. The molecule has 5 rings (SSSR count). The molecule has 1 spiro atoms. The Labute approximate surface area is 186 Å². The van der Waals surface area contributed by atoms with E-state index in [0.29, 0.717) is 24.3 Å². The maximum atomic E-state index is 13.4. The molecule has 7 nitrogen and oxygen atoms in total. The zero-order chi connectivity index (χ0) is 22.7. The maximum Gasteiger partial charge on any atom is 0.325 e. The van der Waals surface area contributed by atoms with E-state index < -0.39 is 17.5 Å². The summed E-state index contributed by atoms with van der Waals surface area (Å²) in [6, 6.07) is 14.7. The Kier molecular flexibility index (Phi) is 4.41. The van der Waals surface area contributed by atoms with Crippen LogP contribution >= 0.6 is 0 Å². The number of nitrogens with one attached hydrogen (secondary N) is 1. The van der Waals surface area contributed by atoms with Gasteiger partial charge in [0.1, 0.15) is 5.75 Å². The molecule has 0 radical (unpaired) electrons. The van der Waals surface area contributed by atoms with E-state index in [2.05, 4.69) is 25.2 Å². The van der Waals surface area contributed by atoms with Gasteiger partial charge >= 0.3 is 6.03 Å². The number of rotatable bonds is 3. The summed E-state index contributed by atoms with van der Waals surface area (Å²) in [6.45, 7) is 4.14. The molecule has 3 aliphatic rings. The Hall–Kier alpha value is -3.61. The standard InChI is InChI=1S/C25H25N3O4/c1-24(2)17-8-4-6-10-19(17)27(3)21(24)14-16(29)15-28-22(30)25(26-23(28)31)12-13-32-20-11-7-5-9-18(20)25/h4-11,14H,12-13,15H2,1-3H3,(H,26,31). The molecule has 3 aliphatic heterocycles. The second-order valence-electron chi connectivity index (χ2n) is 9.02. The number of anilines is 1. The molecule has 0 aromatic heterocycles.